The fourth-order valence-electron chi connectivity index (χ4n) is 6.07. The van der Waals surface area contributed by atoms with Crippen LogP contribution in [-0.2, 0) is 28.5 Å². The van der Waals surface area contributed by atoms with Crippen LogP contribution in [0, 0.1) is 0 Å². The first-order valence-electron chi connectivity index (χ1n) is 19.9. The van der Waals surface area contributed by atoms with Crippen molar-refractivity contribution in [3.05, 3.63) is 0 Å². The average molecular weight is 689 g/mol. The van der Waals surface area contributed by atoms with Gasteiger partial charge in [0.05, 0.1) is 38.6 Å². The molecule has 0 amide bonds. The van der Waals surface area contributed by atoms with Gasteiger partial charge < -0.3 is 29.2 Å². The molecule has 0 aromatic carbocycles. The quantitative estimate of drug-likeness (QED) is 0.0508. The molecule has 0 saturated heterocycles. The monoisotopic (exact) mass is 689 g/mol. The molecular formula is C40H80O8. The lowest BCUT2D eigenvalue weighted by atomic mass is 9.99. The van der Waals surface area contributed by atoms with Gasteiger partial charge in [0.15, 0.2) is 0 Å². The molecule has 8 heteroatoms. The number of esters is 2. The minimum absolute atomic E-state index is 0.0181. The highest BCUT2D eigenvalue weighted by Gasteiger charge is 2.18. The van der Waals surface area contributed by atoms with Crippen molar-refractivity contribution in [1.82, 2.24) is 0 Å². The summed E-state index contributed by atoms with van der Waals surface area (Å²) in [7, 11) is 6.27. The predicted octanol–water partition coefficient (Wildman–Crippen LogP) is 10.0. The van der Waals surface area contributed by atoms with E-state index in [1.165, 1.54) is 78.4 Å². The van der Waals surface area contributed by atoms with Crippen molar-refractivity contribution in [3.63, 3.8) is 0 Å². The van der Waals surface area contributed by atoms with E-state index < -0.39 is 0 Å². The van der Waals surface area contributed by atoms with Crippen molar-refractivity contribution < 1.29 is 38.7 Å². The molecule has 0 aromatic rings. The highest BCUT2D eigenvalue weighted by molar-refractivity contribution is 5.69. The van der Waals surface area contributed by atoms with Gasteiger partial charge in [-0.3, -0.25) is 9.59 Å². The lowest BCUT2D eigenvalue weighted by molar-refractivity contribution is -0.141. The van der Waals surface area contributed by atoms with Crippen LogP contribution >= 0.6 is 0 Å². The van der Waals surface area contributed by atoms with E-state index in [0.29, 0.717) is 12.8 Å². The minimum Gasteiger partial charge on any atom is -0.469 e. The van der Waals surface area contributed by atoms with Crippen LogP contribution in [0.25, 0.3) is 0 Å². The maximum atomic E-state index is 11.0. The average Bonchev–Trinajstić information content (AvgIpc) is 3.10. The Hall–Kier alpha value is -1.22. The molecular weight excluding hydrogens is 608 g/mol. The number of carbonyl (C=O) groups is 2. The molecule has 0 radical (unpaired) electrons. The first kappa shape index (κ1) is 48.9. The van der Waals surface area contributed by atoms with E-state index in [1.54, 1.807) is 14.2 Å². The third-order valence-corrected chi connectivity index (χ3v) is 9.37. The summed E-state index contributed by atoms with van der Waals surface area (Å²) < 4.78 is 20.2. The van der Waals surface area contributed by atoms with Crippen LogP contribution in [0.4, 0.5) is 0 Å². The van der Waals surface area contributed by atoms with Gasteiger partial charge in [-0.2, -0.15) is 0 Å². The van der Waals surface area contributed by atoms with E-state index in [0.717, 1.165) is 103 Å². The first-order chi connectivity index (χ1) is 23.3. The number of hydrogen-bond acceptors (Lipinski definition) is 8. The second-order valence-electron chi connectivity index (χ2n) is 13.6. The smallest absolute Gasteiger partial charge is 0.305 e. The normalized spacial score (nSPS) is 13.7. The summed E-state index contributed by atoms with van der Waals surface area (Å²) in [6, 6.07) is 0. The number of rotatable bonds is 34. The van der Waals surface area contributed by atoms with Crippen molar-refractivity contribution >= 4 is 11.9 Å². The standard InChI is InChI=1S/2C20H40O4/c1-4-5-6-7-10-13-16-19(23-2)18(21)15-12-9-8-11-14-17-20(22)24-3;1-4-5-6-7-9-12-15-18(21)19(23-2)16-13-10-8-11-14-17-20(22)24-3/h2*18-19,21H,4-17H2,1-3H3. The van der Waals surface area contributed by atoms with Crippen LogP contribution in [-0.4, -0.2) is 75.0 Å². The number of methoxy groups -OCH3 is 4. The molecule has 288 valence electrons. The van der Waals surface area contributed by atoms with Crippen molar-refractivity contribution in [2.75, 3.05) is 28.4 Å². The van der Waals surface area contributed by atoms with Gasteiger partial charge >= 0.3 is 11.9 Å². The Morgan fingerprint density at radius 1 is 0.417 bits per heavy atom. The molecule has 0 heterocycles. The van der Waals surface area contributed by atoms with Crippen LogP contribution in [0.3, 0.4) is 0 Å². The van der Waals surface area contributed by atoms with E-state index in [4.69, 9.17) is 9.47 Å². The molecule has 0 aliphatic heterocycles. The Labute approximate surface area is 296 Å². The lowest BCUT2D eigenvalue weighted by Gasteiger charge is -2.21. The number of aliphatic hydroxyl groups is 2. The van der Waals surface area contributed by atoms with Crippen molar-refractivity contribution in [3.8, 4) is 0 Å². The van der Waals surface area contributed by atoms with Gasteiger partial charge in [0.25, 0.3) is 0 Å². The Morgan fingerprint density at radius 3 is 0.979 bits per heavy atom. The van der Waals surface area contributed by atoms with Gasteiger partial charge in [-0.05, 0) is 38.5 Å². The number of unbranched alkanes of at least 4 members (excludes halogenated alkanes) is 18. The zero-order chi connectivity index (χ0) is 36.1. The highest BCUT2D eigenvalue weighted by atomic mass is 16.5. The number of ether oxygens (including phenoxy) is 4. The Bertz CT molecular complexity index is 674. The third-order valence-electron chi connectivity index (χ3n) is 9.37. The lowest BCUT2D eigenvalue weighted by Crippen LogP contribution is -2.27. The topological polar surface area (TPSA) is 112 Å². The van der Waals surface area contributed by atoms with Crippen molar-refractivity contribution in [1.29, 1.82) is 0 Å². The molecule has 0 fully saturated rings. The van der Waals surface area contributed by atoms with E-state index in [9.17, 15) is 19.8 Å². The molecule has 4 unspecified atom stereocenters. The molecule has 4 atom stereocenters. The van der Waals surface area contributed by atoms with Crippen LogP contribution in [0.1, 0.15) is 194 Å². The molecule has 0 aliphatic rings. The van der Waals surface area contributed by atoms with Crippen molar-refractivity contribution in [2.45, 2.75) is 218 Å². The van der Waals surface area contributed by atoms with Crippen LogP contribution < -0.4 is 0 Å². The maximum absolute atomic E-state index is 11.0. The van der Waals surface area contributed by atoms with Gasteiger partial charge in [-0.1, -0.05) is 142 Å². The Kier molecular flexibility index (Phi) is 39.3. The van der Waals surface area contributed by atoms with Gasteiger partial charge in [0.2, 0.25) is 0 Å². The van der Waals surface area contributed by atoms with Crippen LogP contribution in [0.15, 0.2) is 0 Å². The summed E-state index contributed by atoms with van der Waals surface area (Å²) in [5.41, 5.74) is 0. The van der Waals surface area contributed by atoms with Gasteiger partial charge in [0.1, 0.15) is 0 Å². The van der Waals surface area contributed by atoms with Crippen molar-refractivity contribution in [2.24, 2.45) is 0 Å². The highest BCUT2D eigenvalue weighted by Crippen LogP contribution is 2.18. The Morgan fingerprint density at radius 2 is 0.688 bits per heavy atom. The van der Waals surface area contributed by atoms with E-state index >= 15 is 0 Å². The van der Waals surface area contributed by atoms with E-state index in [1.807, 2.05) is 0 Å². The maximum Gasteiger partial charge on any atom is 0.305 e. The van der Waals surface area contributed by atoms with Gasteiger partial charge in [-0.15, -0.1) is 0 Å². The summed E-state index contributed by atoms with van der Waals surface area (Å²) in [6.45, 7) is 4.46. The molecule has 0 bridgehead atoms. The summed E-state index contributed by atoms with van der Waals surface area (Å²) in [5, 5.41) is 20.5. The predicted molar refractivity (Wildman–Crippen MR) is 198 cm³/mol. The van der Waals surface area contributed by atoms with Crippen LogP contribution in [0.5, 0.6) is 0 Å². The molecule has 48 heavy (non-hydrogen) atoms. The van der Waals surface area contributed by atoms with Gasteiger partial charge in [-0.25, -0.2) is 0 Å². The fourth-order valence-corrected chi connectivity index (χ4v) is 6.07. The summed E-state index contributed by atoms with van der Waals surface area (Å²) in [6.07, 6.45) is 29.5. The zero-order valence-corrected chi connectivity index (χ0v) is 32.5. The number of hydrogen-bond donors (Lipinski definition) is 2. The number of carbonyl (C=O) groups excluding carboxylic acids is 2. The van der Waals surface area contributed by atoms with Crippen LogP contribution in [0.2, 0.25) is 0 Å². The van der Waals surface area contributed by atoms with E-state index in [-0.39, 0.29) is 36.4 Å². The summed E-state index contributed by atoms with van der Waals surface area (Å²) >= 11 is 0. The zero-order valence-electron chi connectivity index (χ0n) is 32.5. The molecule has 0 spiro atoms. The number of aliphatic hydroxyl groups excluding tert-OH is 2. The van der Waals surface area contributed by atoms with E-state index in [2.05, 4.69) is 23.3 Å². The second kappa shape index (κ2) is 38.6. The fraction of sp³-hybridized carbons (Fsp3) is 0.950. The minimum atomic E-state index is -0.347. The SMILES string of the molecule is CCCCCCCCC(O)C(CCCCCCCC(=O)OC)OC.CCCCCCCCC(OC)C(O)CCCCCCCC(=O)OC. The molecule has 0 saturated carbocycles. The third kappa shape index (κ3) is 33.3. The molecule has 0 aliphatic carbocycles. The summed E-state index contributed by atoms with van der Waals surface area (Å²) in [5.74, 6) is -0.240. The molecule has 0 aromatic heterocycles. The summed E-state index contributed by atoms with van der Waals surface area (Å²) in [4.78, 5) is 22.0. The molecule has 8 nitrogen and oxygen atoms in total. The van der Waals surface area contributed by atoms with Gasteiger partial charge in [0, 0.05) is 27.1 Å². The second-order valence-corrected chi connectivity index (χ2v) is 13.6. The molecule has 2 N–H and O–H groups in total. The molecule has 0 rings (SSSR count). The first-order valence-corrected chi connectivity index (χ1v) is 19.9. The Balaban J connectivity index is 0. The largest absolute Gasteiger partial charge is 0.469 e.